The minimum absolute atomic E-state index is 0.00128. The Bertz CT molecular complexity index is 863. The molecule has 0 unspecified atom stereocenters. The number of carbonyl (C=O) groups is 2. The molecular formula is C21H25N3O3. The van der Waals surface area contributed by atoms with Crippen molar-refractivity contribution in [1.29, 1.82) is 0 Å². The van der Waals surface area contributed by atoms with Crippen molar-refractivity contribution in [2.24, 2.45) is 0 Å². The maximum absolute atomic E-state index is 12.5. The average molecular weight is 367 g/mol. The highest BCUT2D eigenvalue weighted by Gasteiger charge is 2.45. The van der Waals surface area contributed by atoms with E-state index in [9.17, 15) is 9.59 Å². The number of hydrogen-bond acceptors (Lipinski definition) is 3. The predicted molar refractivity (Wildman–Crippen MR) is 104 cm³/mol. The number of nitrogens with one attached hydrogen (secondary N) is 1. The van der Waals surface area contributed by atoms with Crippen LogP contribution in [0.1, 0.15) is 12.0 Å². The first-order valence-corrected chi connectivity index (χ1v) is 9.44. The van der Waals surface area contributed by atoms with E-state index in [1.165, 1.54) is 16.3 Å². The molecule has 1 N–H and O–H groups in total. The smallest absolute Gasteiger partial charge is 0.317 e. The molecule has 27 heavy (non-hydrogen) atoms. The summed E-state index contributed by atoms with van der Waals surface area (Å²) in [5.74, 6) is -0.00128. The summed E-state index contributed by atoms with van der Waals surface area (Å²) < 4.78 is 5.80. The molecule has 0 aliphatic carbocycles. The molecule has 1 spiro atoms. The van der Waals surface area contributed by atoms with Gasteiger partial charge in [-0.05, 0) is 29.2 Å². The van der Waals surface area contributed by atoms with Crippen molar-refractivity contribution < 1.29 is 14.3 Å². The number of morpholine rings is 1. The second-order valence-corrected chi connectivity index (χ2v) is 7.51. The van der Waals surface area contributed by atoms with Gasteiger partial charge in [0.2, 0.25) is 5.91 Å². The molecule has 1 atom stereocenters. The van der Waals surface area contributed by atoms with Crippen LogP contribution in [0.3, 0.4) is 0 Å². The Balaban J connectivity index is 1.32. The van der Waals surface area contributed by atoms with Gasteiger partial charge in [0, 0.05) is 20.1 Å². The Labute approximate surface area is 159 Å². The van der Waals surface area contributed by atoms with E-state index in [0.717, 1.165) is 12.8 Å². The van der Waals surface area contributed by atoms with E-state index in [-0.39, 0.29) is 18.5 Å². The average Bonchev–Trinajstić information content (AvgIpc) is 3.09. The molecule has 0 aromatic heterocycles. The van der Waals surface area contributed by atoms with Crippen LogP contribution >= 0.6 is 0 Å². The van der Waals surface area contributed by atoms with E-state index in [1.54, 1.807) is 16.8 Å². The fourth-order valence-corrected chi connectivity index (χ4v) is 4.08. The lowest BCUT2D eigenvalue weighted by Crippen LogP contribution is -2.55. The molecule has 4 rings (SSSR count). The van der Waals surface area contributed by atoms with E-state index in [4.69, 9.17) is 4.74 Å². The maximum Gasteiger partial charge on any atom is 0.317 e. The van der Waals surface area contributed by atoms with Crippen LogP contribution in [0.15, 0.2) is 42.5 Å². The van der Waals surface area contributed by atoms with Gasteiger partial charge in [0.25, 0.3) is 0 Å². The fourth-order valence-electron chi connectivity index (χ4n) is 4.08. The topological polar surface area (TPSA) is 61.9 Å². The number of likely N-dealkylation sites (N-methyl/N-ethyl adjacent to an activating group) is 1. The fraction of sp³-hybridized carbons (Fsp3) is 0.429. The zero-order valence-electron chi connectivity index (χ0n) is 15.6. The Morgan fingerprint density at radius 1 is 1.19 bits per heavy atom. The largest absolute Gasteiger partial charge is 0.361 e. The minimum Gasteiger partial charge on any atom is -0.361 e. The van der Waals surface area contributed by atoms with Crippen LogP contribution in [0, 0.1) is 0 Å². The molecule has 2 aromatic carbocycles. The van der Waals surface area contributed by atoms with Crippen molar-refractivity contribution in [3.63, 3.8) is 0 Å². The Morgan fingerprint density at radius 3 is 2.85 bits per heavy atom. The summed E-state index contributed by atoms with van der Waals surface area (Å²) >= 11 is 0. The molecule has 2 aromatic rings. The first kappa shape index (κ1) is 17.8. The monoisotopic (exact) mass is 367 g/mol. The quantitative estimate of drug-likeness (QED) is 0.903. The zero-order chi connectivity index (χ0) is 18.9. The number of ether oxygens (including phenoxy) is 1. The van der Waals surface area contributed by atoms with E-state index in [0.29, 0.717) is 26.2 Å². The second-order valence-electron chi connectivity index (χ2n) is 7.51. The van der Waals surface area contributed by atoms with Gasteiger partial charge in [-0.1, -0.05) is 42.5 Å². The lowest BCUT2D eigenvalue weighted by atomic mass is 10.0. The van der Waals surface area contributed by atoms with Crippen LogP contribution in [0.25, 0.3) is 10.8 Å². The molecule has 0 bridgehead atoms. The molecule has 0 radical (unpaired) electrons. The molecule has 142 valence electrons. The van der Waals surface area contributed by atoms with Gasteiger partial charge in [-0.25, -0.2) is 4.79 Å². The molecule has 2 aliphatic heterocycles. The lowest BCUT2D eigenvalue weighted by molar-refractivity contribution is -0.158. The van der Waals surface area contributed by atoms with Crippen molar-refractivity contribution in [2.45, 2.75) is 18.4 Å². The Morgan fingerprint density at radius 2 is 2.00 bits per heavy atom. The number of rotatable bonds is 3. The lowest BCUT2D eigenvalue weighted by Gasteiger charge is -2.38. The minimum atomic E-state index is -0.407. The Hall–Kier alpha value is -2.60. The molecule has 2 aliphatic rings. The summed E-state index contributed by atoms with van der Waals surface area (Å²) in [5, 5.41) is 5.48. The predicted octanol–water partition coefficient (Wildman–Crippen LogP) is 2.02. The van der Waals surface area contributed by atoms with Crippen LogP contribution in [0.4, 0.5) is 4.79 Å². The summed E-state index contributed by atoms with van der Waals surface area (Å²) in [5.41, 5.74) is 0.831. The van der Waals surface area contributed by atoms with Crippen LogP contribution in [-0.2, 0) is 16.0 Å². The number of carbonyl (C=O) groups excluding carboxylic acids is 2. The highest BCUT2D eigenvalue weighted by Crippen LogP contribution is 2.29. The van der Waals surface area contributed by atoms with Crippen LogP contribution in [0.2, 0.25) is 0 Å². The molecule has 3 amide bonds. The summed E-state index contributed by atoms with van der Waals surface area (Å²) in [4.78, 5) is 27.7. The van der Waals surface area contributed by atoms with Gasteiger partial charge in [-0.3, -0.25) is 4.79 Å². The third kappa shape index (κ3) is 3.62. The molecule has 2 heterocycles. The van der Waals surface area contributed by atoms with E-state index in [1.807, 2.05) is 12.1 Å². The number of urea groups is 1. The van der Waals surface area contributed by atoms with Gasteiger partial charge in [-0.2, -0.15) is 0 Å². The molecular weight excluding hydrogens is 342 g/mol. The van der Waals surface area contributed by atoms with Crippen molar-refractivity contribution in [2.75, 3.05) is 39.8 Å². The van der Waals surface area contributed by atoms with Crippen LogP contribution in [0.5, 0.6) is 0 Å². The van der Waals surface area contributed by atoms with Gasteiger partial charge < -0.3 is 19.9 Å². The SMILES string of the molecule is CN1C[C@@]2(CCN(C(=O)NCCc3cccc4ccccc34)C2)OCC1=O. The third-order valence-electron chi connectivity index (χ3n) is 5.61. The summed E-state index contributed by atoms with van der Waals surface area (Å²) in [6, 6.07) is 14.5. The zero-order valence-corrected chi connectivity index (χ0v) is 15.6. The van der Waals surface area contributed by atoms with Gasteiger partial charge in [0.05, 0.1) is 13.1 Å². The van der Waals surface area contributed by atoms with Crippen molar-refractivity contribution in [1.82, 2.24) is 15.1 Å². The standard InChI is InChI=1S/C21H25N3O3/c1-23-14-21(27-13-19(23)25)10-12-24(15-21)20(26)22-11-9-17-7-4-6-16-5-2-3-8-18(16)17/h2-8H,9-15H2,1H3,(H,22,26)/t21-/m1/s1. The molecule has 6 heteroatoms. The molecule has 2 saturated heterocycles. The van der Waals surface area contributed by atoms with E-state index < -0.39 is 5.60 Å². The summed E-state index contributed by atoms with van der Waals surface area (Å²) in [7, 11) is 1.79. The Kier molecular flexibility index (Phi) is 4.74. The van der Waals surface area contributed by atoms with Gasteiger partial charge >= 0.3 is 6.03 Å². The van der Waals surface area contributed by atoms with E-state index in [2.05, 4.69) is 35.6 Å². The van der Waals surface area contributed by atoms with Crippen LogP contribution < -0.4 is 5.32 Å². The number of hydrogen-bond donors (Lipinski definition) is 1. The van der Waals surface area contributed by atoms with Crippen molar-refractivity contribution >= 4 is 22.7 Å². The number of fused-ring (bicyclic) bond motifs is 1. The van der Waals surface area contributed by atoms with Gasteiger partial charge in [0.1, 0.15) is 12.2 Å². The third-order valence-corrected chi connectivity index (χ3v) is 5.61. The first-order chi connectivity index (χ1) is 13.1. The van der Waals surface area contributed by atoms with Crippen LogP contribution in [-0.4, -0.2) is 67.2 Å². The highest BCUT2D eigenvalue weighted by atomic mass is 16.5. The summed E-state index contributed by atoms with van der Waals surface area (Å²) in [6.07, 6.45) is 1.56. The van der Waals surface area contributed by atoms with Gasteiger partial charge in [0.15, 0.2) is 0 Å². The first-order valence-electron chi connectivity index (χ1n) is 9.44. The number of benzene rings is 2. The molecule has 6 nitrogen and oxygen atoms in total. The maximum atomic E-state index is 12.5. The van der Waals surface area contributed by atoms with Crippen molar-refractivity contribution in [3.05, 3.63) is 48.0 Å². The molecule has 2 fully saturated rings. The molecule has 0 saturated carbocycles. The number of likely N-dealkylation sites (tertiary alicyclic amines) is 1. The van der Waals surface area contributed by atoms with Gasteiger partial charge in [-0.15, -0.1) is 0 Å². The van der Waals surface area contributed by atoms with Crippen molar-refractivity contribution in [3.8, 4) is 0 Å². The summed E-state index contributed by atoms with van der Waals surface area (Å²) in [6.45, 7) is 2.43. The number of amides is 3. The second kappa shape index (κ2) is 7.19. The number of nitrogens with zero attached hydrogens (tertiary/aromatic N) is 2. The highest BCUT2D eigenvalue weighted by molar-refractivity contribution is 5.85. The van der Waals surface area contributed by atoms with E-state index >= 15 is 0 Å². The normalized spacial score (nSPS) is 22.6.